The maximum atomic E-state index is 11.5. The zero-order chi connectivity index (χ0) is 8.97. The predicted molar refractivity (Wildman–Crippen MR) is 52.4 cm³/mol. The van der Waals surface area contributed by atoms with Gasteiger partial charge in [0, 0.05) is 11.4 Å². The van der Waals surface area contributed by atoms with Crippen molar-refractivity contribution in [3.05, 3.63) is 24.3 Å². The van der Waals surface area contributed by atoms with Gasteiger partial charge in [-0.15, -0.1) is 0 Å². The molecule has 3 heteroatoms. The van der Waals surface area contributed by atoms with Crippen LogP contribution < -0.4 is 5.73 Å². The fourth-order valence-electron chi connectivity index (χ4n) is 0.983. The Morgan fingerprint density at radius 2 is 2.08 bits per heavy atom. The van der Waals surface area contributed by atoms with Crippen LogP contribution in [0.4, 0.5) is 5.69 Å². The summed E-state index contributed by atoms with van der Waals surface area (Å²) in [6.45, 7) is 2.01. The number of rotatable bonds is 3. The van der Waals surface area contributed by atoms with Crippen LogP contribution in [0.1, 0.15) is 13.3 Å². The van der Waals surface area contributed by atoms with Gasteiger partial charge < -0.3 is 5.73 Å². The molecule has 0 saturated carbocycles. The average Bonchev–Trinajstić information content (AvgIpc) is 2.05. The Hall–Kier alpha value is -0.830. The Morgan fingerprint density at radius 1 is 1.42 bits per heavy atom. The van der Waals surface area contributed by atoms with E-state index in [0.717, 1.165) is 11.3 Å². The van der Waals surface area contributed by atoms with Crippen molar-refractivity contribution in [2.45, 2.75) is 18.2 Å². The molecule has 0 spiro atoms. The number of nitrogen functional groups attached to an aromatic ring is 1. The quantitative estimate of drug-likeness (QED) is 0.726. The van der Waals surface area contributed by atoms with E-state index in [4.69, 9.17) is 5.73 Å². The Kier molecular flexibility index (Phi) is 3.29. The lowest BCUT2D eigenvalue weighted by Crippen LogP contribution is -2.00. The minimum atomic E-state index is -0.920. The van der Waals surface area contributed by atoms with Gasteiger partial charge in [0.1, 0.15) is 0 Å². The molecule has 0 radical (unpaired) electrons. The van der Waals surface area contributed by atoms with Crippen LogP contribution in [0.2, 0.25) is 0 Å². The van der Waals surface area contributed by atoms with Crippen LogP contribution >= 0.6 is 0 Å². The highest BCUT2D eigenvalue weighted by Crippen LogP contribution is 2.15. The largest absolute Gasteiger partial charge is 0.398 e. The number of para-hydroxylation sites is 1. The molecule has 1 aromatic carbocycles. The zero-order valence-corrected chi connectivity index (χ0v) is 7.93. The van der Waals surface area contributed by atoms with Crippen LogP contribution in [0.15, 0.2) is 29.2 Å². The summed E-state index contributed by atoms with van der Waals surface area (Å²) in [5.74, 6) is 0.689. The third-order valence-electron chi connectivity index (χ3n) is 1.55. The molecule has 66 valence electrons. The highest BCUT2D eigenvalue weighted by atomic mass is 32.2. The van der Waals surface area contributed by atoms with E-state index in [1.807, 2.05) is 25.1 Å². The molecule has 0 aromatic heterocycles. The number of hydrogen-bond acceptors (Lipinski definition) is 2. The number of hydrogen-bond donors (Lipinski definition) is 1. The van der Waals surface area contributed by atoms with Gasteiger partial charge in [0.05, 0.1) is 15.7 Å². The molecule has 0 fully saturated rings. The molecule has 1 rings (SSSR count). The van der Waals surface area contributed by atoms with Gasteiger partial charge >= 0.3 is 0 Å². The van der Waals surface area contributed by atoms with Gasteiger partial charge in [0.25, 0.3) is 0 Å². The van der Waals surface area contributed by atoms with E-state index in [0.29, 0.717) is 11.4 Å². The molecule has 1 atom stereocenters. The maximum absolute atomic E-state index is 11.5. The van der Waals surface area contributed by atoms with Crippen LogP contribution in [0.3, 0.4) is 0 Å². The molecule has 1 aromatic rings. The van der Waals surface area contributed by atoms with E-state index in [1.165, 1.54) is 0 Å². The van der Waals surface area contributed by atoms with E-state index in [2.05, 4.69) is 0 Å². The summed E-state index contributed by atoms with van der Waals surface area (Å²) in [5.41, 5.74) is 6.29. The van der Waals surface area contributed by atoms with Crippen LogP contribution in [0, 0.1) is 0 Å². The summed E-state index contributed by atoms with van der Waals surface area (Å²) in [6, 6.07) is 7.31. The van der Waals surface area contributed by atoms with E-state index >= 15 is 0 Å². The maximum Gasteiger partial charge on any atom is 0.0617 e. The smallest absolute Gasteiger partial charge is 0.0617 e. The number of nitrogens with two attached hydrogens (primary N) is 1. The van der Waals surface area contributed by atoms with Crippen molar-refractivity contribution >= 4 is 16.5 Å². The van der Waals surface area contributed by atoms with Crippen LogP contribution in [0.25, 0.3) is 0 Å². The fraction of sp³-hybridized carbons (Fsp3) is 0.333. The molecular formula is C9H13NOS. The third kappa shape index (κ3) is 2.08. The molecule has 2 N–H and O–H groups in total. The second-order valence-electron chi connectivity index (χ2n) is 2.59. The van der Waals surface area contributed by atoms with E-state index in [9.17, 15) is 4.21 Å². The summed E-state index contributed by atoms with van der Waals surface area (Å²) < 4.78 is 11.5. The third-order valence-corrected chi connectivity index (χ3v) is 3.20. The van der Waals surface area contributed by atoms with Crippen molar-refractivity contribution in [1.82, 2.24) is 0 Å². The first-order valence-electron chi connectivity index (χ1n) is 3.98. The molecule has 0 aliphatic carbocycles. The van der Waals surface area contributed by atoms with Crippen molar-refractivity contribution in [2.75, 3.05) is 11.5 Å². The predicted octanol–water partition coefficient (Wildman–Crippen LogP) is 1.79. The first-order valence-corrected chi connectivity index (χ1v) is 5.30. The molecule has 2 nitrogen and oxygen atoms in total. The highest BCUT2D eigenvalue weighted by Gasteiger charge is 2.04. The zero-order valence-electron chi connectivity index (χ0n) is 7.12. The molecule has 0 bridgehead atoms. The van der Waals surface area contributed by atoms with Gasteiger partial charge in [0.15, 0.2) is 0 Å². The highest BCUT2D eigenvalue weighted by molar-refractivity contribution is 7.85. The van der Waals surface area contributed by atoms with Crippen molar-refractivity contribution in [1.29, 1.82) is 0 Å². The molecule has 0 aliphatic heterocycles. The van der Waals surface area contributed by atoms with Crippen LogP contribution in [0.5, 0.6) is 0 Å². The first kappa shape index (κ1) is 9.26. The normalized spacial score (nSPS) is 12.8. The van der Waals surface area contributed by atoms with Gasteiger partial charge in [-0.3, -0.25) is 4.21 Å². The van der Waals surface area contributed by atoms with Crippen molar-refractivity contribution in [3.63, 3.8) is 0 Å². The second kappa shape index (κ2) is 4.26. The van der Waals surface area contributed by atoms with Gasteiger partial charge in [-0.1, -0.05) is 19.1 Å². The summed E-state index contributed by atoms with van der Waals surface area (Å²) in [6.07, 6.45) is 0.918. The molecule has 0 saturated heterocycles. The van der Waals surface area contributed by atoms with E-state index in [1.54, 1.807) is 6.07 Å². The monoisotopic (exact) mass is 183 g/mol. The lowest BCUT2D eigenvalue weighted by atomic mass is 10.3. The summed E-state index contributed by atoms with van der Waals surface area (Å²) >= 11 is 0. The first-order chi connectivity index (χ1) is 5.75. The summed E-state index contributed by atoms with van der Waals surface area (Å²) in [7, 11) is -0.920. The summed E-state index contributed by atoms with van der Waals surface area (Å²) in [5, 5.41) is 0. The molecule has 0 heterocycles. The topological polar surface area (TPSA) is 43.1 Å². The molecular weight excluding hydrogens is 170 g/mol. The number of benzene rings is 1. The van der Waals surface area contributed by atoms with Crippen LogP contribution in [-0.4, -0.2) is 9.96 Å². The Bertz CT molecular complexity index is 286. The Morgan fingerprint density at radius 3 is 2.67 bits per heavy atom. The molecule has 12 heavy (non-hydrogen) atoms. The minimum absolute atomic E-state index is 0.629. The summed E-state index contributed by atoms with van der Waals surface area (Å²) in [4.78, 5) is 0.763. The Balaban J connectivity index is 2.87. The van der Waals surface area contributed by atoms with E-state index < -0.39 is 10.8 Å². The standard InChI is InChI=1S/C9H13NOS/c1-2-7-12(11)9-6-4-3-5-8(9)10/h3-6H,2,7,10H2,1H3. The van der Waals surface area contributed by atoms with Crippen molar-refractivity contribution in [3.8, 4) is 0 Å². The average molecular weight is 183 g/mol. The van der Waals surface area contributed by atoms with Crippen LogP contribution in [-0.2, 0) is 10.8 Å². The molecule has 0 amide bonds. The van der Waals surface area contributed by atoms with Gasteiger partial charge in [-0.2, -0.15) is 0 Å². The van der Waals surface area contributed by atoms with Crippen molar-refractivity contribution < 1.29 is 4.21 Å². The fourth-order valence-corrected chi connectivity index (χ4v) is 2.14. The van der Waals surface area contributed by atoms with Gasteiger partial charge in [0.2, 0.25) is 0 Å². The SMILES string of the molecule is CCCS(=O)c1ccccc1N. The van der Waals surface area contributed by atoms with Crippen molar-refractivity contribution in [2.24, 2.45) is 0 Å². The lowest BCUT2D eigenvalue weighted by Gasteiger charge is -2.02. The lowest BCUT2D eigenvalue weighted by molar-refractivity contribution is 0.682. The molecule has 1 unspecified atom stereocenters. The van der Waals surface area contributed by atoms with E-state index in [-0.39, 0.29) is 0 Å². The van der Waals surface area contributed by atoms with Gasteiger partial charge in [-0.05, 0) is 18.6 Å². The Labute approximate surface area is 75.2 Å². The molecule has 0 aliphatic rings. The minimum Gasteiger partial charge on any atom is -0.398 e. The second-order valence-corrected chi connectivity index (χ2v) is 4.13. The van der Waals surface area contributed by atoms with Gasteiger partial charge in [-0.25, -0.2) is 0 Å². The number of anilines is 1.